The lowest BCUT2D eigenvalue weighted by Gasteiger charge is -2.41. The molecule has 1 heterocycles. The van der Waals surface area contributed by atoms with Gasteiger partial charge in [0.2, 0.25) is 5.91 Å². The van der Waals surface area contributed by atoms with Crippen LogP contribution in [0.2, 0.25) is 0 Å². The highest BCUT2D eigenvalue weighted by molar-refractivity contribution is 5.80. The Morgan fingerprint density at radius 3 is 1.21 bits per heavy atom. The summed E-state index contributed by atoms with van der Waals surface area (Å²) in [7, 11) is 0. The molecular weight excluding hydrogens is 1130 g/mol. The van der Waals surface area contributed by atoms with E-state index in [-0.39, 0.29) is 19.4 Å². The number of amides is 1. The Balaban J connectivity index is 2.57. The van der Waals surface area contributed by atoms with Crippen LogP contribution in [0.5, 0.6) is 0 Å². The van der Waals surface area contributed by atoms with Crippen molar-refractivity contribution in [3.05, 3.63) is 109 Å². The molecule has 0 bridgehead atoms. The molecule has 0 radical (unpaired) electrons. The number of unbranched alkanes of at least 4 members (excludes halogenated alkanes) is 34. The summed E-state index contributed by atoms with van der Waals surface area (Å²) in [5.74, 6) is -1.20. The fourth-order valence-corrected chi connectivity index (χ4v) is 11.3. The first kappa shape index (κ1) is 85.3. The Hall–Kier alpha value is -3.68. The van der Waals surface area contributed by atoms with Gasteiger partial charge < -0.3 is 45.1 Å². The second-order valence-electron chi connectivity index (χ2n) is 25.6. The molecule has 8 atom stereocenters. The van der Waals surface area contributed by atoms with Crippen LogP contribution >= 0.6 is 0 Å². The van der Waals surface area contributed by atoms with E-state index in [1.807, 2.05) is 6.08 Å². The number of hydrogen-bond donors (Lipinski definition) is 6. The van der Waals surface area contributed by atoms with Crippen molar-refractivity contribution in [2.45, 2.75) is 372 Å². The van der Waals surface area contributed by atoms with Crippen LogP contribution in [0.15, 0.2) is 109 Å². The van der Waals surface area contributed by atoms with E-state index in [0.717, 1.165) is 116 Å². The number of allylic oxidation sites excluding steroid dienone is 17. The van der Waals surface area contributed by atoms with E-state index in [1.165, 1.54) is 161 Å². The van der Waals surface area contributed by atoms with Gasteiger partial charge in [0.1, 0.15) is 24.4 Å². The second-order valence-corrected chi connectivity index (χ2v) is 25.6. The number of ether oxygens (including phenoxy) is 3. The van der Waals surface area contributed by atoms with Gasteiger partial charge in [0.15, 0.2) is 12.4 Å². The molecule has 91 heavy (non-hydrogen) atoms. The lowest BCUT2D eigenvalue weighted by atomic mass is 9.99. The Bertz CT molecular complexity index is 1900. The third-order valence-electron chi connectivity index (χ3n) is 17.2. The van der Waals surface area contributed by atoms with Gasteiger partial charge in [0.05, 0.1) is 25.4 Å². The largest absolute Gasteiger partial charge is 0.454 e. The molecule has 1 aliphatic heterocycles. The summed E-state index contributed by atoms with van der Waals surface area (Å²) in [6.07, 6.45) is 81.2. The highest BCUT2D eigenvalue weighted by Gasteiger charge is 2.47. The fourth-order valence-electron chi connectivity index (χ4n) is 11.3. The number of aliphatic hydroxyl groups is 5. The van der Waals surface area contributed by atoms with Crippen molar-refractivity contribution in [1.82, 2.24) is 5.32 Å². The number of nitrogens with one attached hydrogen (secondary N) is 1. The van der Waals surface area contributed by atoms with Crippen LogP contribution in [0, 0.1) is 0 Å². The molecule has 11 nitrogen and oxygen atoms in total. The van der Waals surface area contributed by atoms with Crippen LogP contribution in [-0.2, 0) is 23.8 Å². The molecule has 1 saturated heterocycles. The molecule has 0 aliphatic carbocycles. The molecule has 8 unspecified atom stereocenters. The Kier molecular flexibility index (Phi) is 62.2. The van der Waals surface area contributed by atoms with E-state index in [9.17, 15) is 35.1 Å². The molecule has 0 saturated carbocycles. The number of esters is 1. The molecule has 1 aliphatic rings. The van der Waals surface area contributed by atoms with Crippen molar-refractivity contribution in [2.75, 3.05) is 13.2 Å². The lowest BCUT2D eigenvalue weighted by Crippen LogP contribution is -2.61. The molecule has 1 rings (SSSR count). The van der Waals surface area contributed by atoms with Crippen molar-refractivity contribution in [3.63, 3.8) is 0 Å². The monoisotopic (exact) mass is 1270 g/mol. The summed E-state index contributed by atoms with van der Waals surface area (Å²) in [4.78, 5) is 26.8. The second kappa shape index (κ2) is 66.3. The number of hydrogen-bond acceptors (Lipinski definition) is 10. The minimum absolute atomic E-state index is 0.117. The standard InChI is InChI=1S/C80H139NO10/c1-4-7-10-13-16-19-22-25-27-29-31-33-35-37-39-41-43-45-47-50-53-56-59-62-65-68-75(85)91-78-77(87)76(86)74(69-82)90-80(78)89-70-71(72(83)66-63-60-57-54-51-48-24-21-18-15-12-9-6-3)81-79(88)73(84)67-64-61-58-55-52-49-46-44-42-40-38-36-34-32-30-28-26-23-20-17-14-11-8-5-2/h8,11,16-17,19-20,25-28,31-34,38,40,63,66,71-74,76-78,80,82-84,86-87H,4-7,9-10,12-15,18,21-24,29-30,35-37,39,41-62,64-65,67-70H2,1-3H3,(H,81,88)/b11-8-,19-16-,20-17-,27-25-,28-26-,33-31-,34-32-,40-38-,66-63+. The van der Waals surface area contributed by atoms with Crippen LogP contribution in [0.25, 0.3) is 0 Å². The summed E-state index contributed by atoms with van der Waals surface area (Å²) < 4.78 is 17.7. The maximum atomic E-state index is 13.5. The normalized spacial score (nSPS) is 18.6. The van der Waals surface area contributed by atoms with Crippen molar-refractivity contribution in [1.29, 1.82) is 0 Å². The Morgan fingerprint density at radius 1 is 0.440 bits per heavy atom. The minimum atomic E-state index is -1.62. The fraction of sp³-hybridized carbons (Fsp3) is 0.750. The van der Waals surface area contributed by atoms with Gasteiger partial charge in [-0.25, -0.2) is 0 Å². The summed E-state index contributed by atoms with van der Waals surface area (Å²) in [6.45, 7) is 5.68. The molecule has 11 heteroatoms. The van der Waals surface area contributed by atoms with E-state index in [4.69, 9.17) is 14.2 Å². The number of carbonyl (C=O) groups excluding carboxylic acids is 2. The third-order valence-corrected chi connectivity index (χ3v) is 17.2. The van der Waals surface area contributed by atoms with E-state index in [0.29, 0.717) is 12.8 Å². The third kappa shape index (κ3) is 53.3. The first-order valence-electron chi connectivity index (χ1n) is 37.7. The van der Waals surface area contributed by atoms with Gasteiger partial charge in [-0.15, -0.1) is 0 Å². The topological polar surface area (TPSA) is 175 Å². The summed E-state index contributed by atoms with van der Waals surface area (Å²) in [6, 6.07) is -1.04. The molecule has 524 valence electrons. The average Bonchev–Trinajstić information content (AvgIpc) is 1.00. The Morgan fingerprint density at radius 2 is 0.791 bits per heavy atom. The van der Waals surface area contributed by atoms with Gasteiger partial charge in [-0.2, -0.15) is 0 Å². The Labute approximate surface area is 558 Å². The number of rotatable bonds is 64. The van der Waals surface area contributed by atoms with E-state index >= 15 is 0 Å². The first-order chi connectivity index (χ1) is 44.7. The van der Waals surface area contributed by atoms with Gasteiger partial charge in [-0.05, 0) is 109 Å². The number of aliphatic hydroxyl groups excluding tert-OH is 5. The molecule has 0 spiro atoms. The van der Waals surface area contributed by atoms with E-state index in [1.54, 1.807) is 6.08 Å². The SMILES string of the molecule is CC/C=C\C/C=C\C/C=C\C/C=C\C/C=C\CCCCCCCCCCC(O)C(=O)NC(COC1OC(CO)C(O)C(O)C1OC(=O)CCCCCCCCCCCCCC/C=C\C/C=C\C/C=C\CCCCC)C(O)/C=C/CCCCCCCCCCCCC. The van der Waals surface area contributed by atoms with Crippen molar-refractivity contribution in [3.8, 4) is 0 Å². The highest BCUT2D eigenvalue weighted by atomic mass is 16.7. The molecule has 0 aromatic carbocycles. The molecule has 1 amide bonds. The predicted molar refractivity (Wildman–Crippen MR) is 384 cm³/mol. The van der Waals surface area contributed by atoms with Crippen molar-refractivity contribution < 1.29 is 49.3 Å². The summed E-state index contributed by atoms with van der Waals surface area (Å²) in [5.41, 5.74) is 0. The van der Waals surface area contributed by atoms with Crippen molar-refractivity contribution in [2.24, 2.45) is 0 Å². The van der Waals surface area contributed by atoms with Crippen LogP contribution in [0.3, 0.4) is 0 Å². The zero-order chi connectivity index (χ0) is 66.0. The molecule has 0 aromatic rings. The quantitative estimate of drug-likeness (QED) is 0.0195. The zero-order valence-electron chi connectivity index (χ0n) is 58.4. The van der Waals surface area contributed by atoms with Crippen LogP contribution in [0.1, 0.15) is 323 Å². The van der Waals surface area contributed by atoms with E-state index < -0.39 is 67.4 Å². The highest BCUT2D eigenvalue weighted by Crippen LogP contribution is 2.26. The van der Waals surface area contributed by atoms with Gasteiger partial charge in [-0.1, -0.05) is 316 Å². The first-order valence-corrected chi connectivity index (χ1v) is 37.7. The van der Waals surface area contributed by atoms with Gasteiger partial charge in [0.25, 0.3) is 0 Å². The number of carbonyl (C=O) groups is 2. The molecule has 0 aromatic heterocycles. The molecular formula is C80H139NO10. The summed E-state index contributed by atoms with van der Waals surface area (Å²) in [5, 5.41) is 57.4. The smallest absolute Gasteiger partial charge is 0.306 e. The van der Waals surface area contributed by atoms with Crippen LogP contribution in [-0.4, -0.2) is 99.6 Å². The molecule has 6 N–H and O–H groups in total. The average molecular weight is 1270 g/mol. The van der Waals surface area contributed by atoms with Gasteiger partial charge in [0, 0.05) is 6.42 Å². The van der Waals surface area contributed by atoms with Gasteiger partial charge in [-0.3, -0.25) is 9.59 Å². The maximum Gasteiger partial charge on any atom is 0.306 e. The van der Waals surface area contributed by atoms with E-state index in [2.05, 4.69) is 123 Å². The zero-order valence-corrected chi connectivity index (χ0v) is 58.4. The minimum Gasteiger partial charge on any atom is -0.454 e. The van der Waals surface area contributed by atoms with Gasteiger partial charge >= 0.3 is 5.97 Å². The summed E-state index contributed by atoms with van der Waals surface area (Å²) >= 11 is 0. The maximum absolute atomic E-state index is 13.5. The predicted octanol–water partition coefficient (Wildman–Crippen LogP) is 20.0. The van der Waals surface area contributed by atoms with Crippen LogP contribution in [0.4, 0.5) is 0 Å². The lowest BCUT2D eigenvalue weighted by molar-refractivity contribution is -0.305. The van der Waals surface area contributed by atoms with Crippen LogP contribution < -0.4 is 5.32 Å². The van der Waals surface area contributed by atoms with Crippen molar-refractivity contribution >= 4 is 11.9 Å². The molecule has 1 fully saturated rings.